The lowest BCUT2D eigenvalue weighted by Gasteiger charge is -2.22. The second-order valence-electron chi connectivity index (χ2n) is 5.86. The quantitative estimate of drug-likeness (QED) is 0.802. The number of hydrogen-bond donors (Lipinski definition) is 2. The fraction of sp³-hybridized carbons (Fsp3) is 0.389. The summed E-state index contributed by atoms with van der Waals surface area (Å²) in [5.74, 6) is 1.51. The van der Waals surface area contributed by atoms with E-state index in [0.29, 0.717) is 23.1 Å². The first kappa shape index (κ1) is 18.1. The van der Waals surface area contributed by atoms with Crippen LogP contribution in [-0.4, -0.2) is 20.3 Å². The maximum Gasteiger partial charge on any atom is 0.319 e. The molecule has 1 aromatic carbocycles. The summed E-state index contributed by atoms with van der Waals surface area (Å²) in [5.41, 5.74) is 1.60. The molecule has 2 aromatic rings. The Labute approximate surface area is 147 Å². The van der Waals surface area contributed by atoms with Crippen molar-refractivity contribution in [2.45, 2.75) is 26.8 Å². The Bertz CT molecular complexity index is 684. The molecule has 1 heterocycles. The van der Waals surface area contributed by atoms with Gasteiger partial charge in [0.2, 0.25) is 0 Å². The number of thiophene rings is 1. The van der Waals surface area contributed by atoms with Gasteiger partial charge in [-0.3, -0.25) is 0 Å². The van der Waals surface area contributed by atoms with Gasteiger partial charge in [0.25, 0.3) is 0 Å². The Kier molecular flexibility index (Phi) is 6.09. The van der Waals surface area contributed by atoms with Crippen molar-refractivity contribution in [3.63, 3.8) is 0 Å². The molecule has 0 aliphatic carbocycles. The van der Waals surface area contributed by atoms with Crippen molar-refractivity contribution in [2.75, 3.05) is 19.5 Å². The van der Waals surface area contributed by atoms with Gasteiger partial charge in [-0.05, 0) is 35.9 Å². The first-order valence-electron chi connectivity index (χ1n) is 7.79. The van der Waals surface area contributed by atoms with Gasteiger partial charge < -0.3 is 20.1 Å². The van der Waals surface area contributed by atoms with Crippen molar-refractivity contribution >= 4 is 23.1 Å². The second-order valence-corrected chi connectivity index (χ2v) is 6.84. The summed E-state index contributed by atoms with van der Waals surface area (Å²) in [7, 11) is 3.16. The minimum atomic E-state index is -0.239. The molecule has 130 valence electrons. The predicted molar refractivity (Wildman–Crippen MR) is 98.3 cm³/mol. The zero-order chi connectivity index (χ0) is 17.7. The molecule has 0 fully saturated rings. The standard InChI is InChI=1S/C18H24N2O3S/c1-11(2)17(16-7-6-8-24-16)20-18(21)19-13-10-15(23-5)14(22-4)9-12(13)3/h6-11,17H,1-5H3,(H2,19,20,21)/t17-/m1/s1. The number of carbonyl (C=O) groups excluding carboxylic acids is 1. The number of benzene rings is 1. The number of amides is 2. The summed E-state index contributed by atoms with van der Waals surface area (Å²) in [6.45, 7) is 6.09. The lowest BCUT2D eigenvalue weighted by atomic mass is 10.0. The highest BCUT2D eigenvalue weighted by Gasteiger charge is 2.20. The molecular weight excluding hydrogens is 324 g/mol. The number of carbonyl (C=O) groups is 1. The van der Waals surface area contributed by atoms with Crippen molar-refractivity contribution in [1.29, 1.82) is 0 Å². The number of methoxy groups -OCH3 is 2. The van der Waals surface area contributed by atoms with Crippen LogP contribution in [0.15, 0.2) is 29.6 Å². The molecule has 0 radical (unpaired) electrons. The molecular formula is C18H24N2O3S. The molecule has 5 nitrogen and oxygen atoms in total. The third-order valence-corrected chi connectivity index (χ3v) is 4.74. The van der Waals surface area contributed by atoms with Crippen LogP contribution < -0.4 is 20.1 Å². The van der Waals surface area contributed by atoms with E-state index in [9.17, 15) is 4.79 Å². The first-order chi connectivity index (χ1) is 11.5. The van der Waals surface area contributed by atoms with Crippen LogP contribution in [0.3, 0.4) is 0 Å². The minimum Gasteiger partial charge on any atom is -0.493 e. The molecule has 1 aromatic heterocycles. The van der Waals surface area contributed by atoms with E-state index in [-0.39, 0.29) is 12.1 Å². The highest BCUT2D eigenvalue weighted by Crippen LogP contribution is 2.33. The summed E-state index contributed by atoms with van der Waals surface area (Å²) in [5, 5.41) is 7.97. The number of aryl methyl sites for hydroxylation is 1. The van der Waals surface area contributed by atoms with Gasteiger partial charge >= 0.3 is 6.03 Å². The van der Waals surface area contributed by atoms with Crippen LogP contribution in [0.5, 0.6) is 11.5 Å². The van der Waals surface area contributed by atoms with E-state index in [4.69, 9.17) is 9.47 Å². The minimum absolute atomic E-state index is 0.0227. The maximum atomic E-state index is 12.4. The monoisotopic (exact) mass is 348 g/mol. The third-order valence-electron chi connectivity index (χ3n) is 3.78. The topological polar surface area (TPSA) is 59.6 Å². The molecule has 6 heteroatoms. The van der Waals surface area contributed by atoms with Crippen LogP contribution in [0, 0.1) is 12.8 Å². The normalized spacial score (nSPS) is 11.9. The average molecular weight is 348 g/mol. The second kappa shape index (κ2) is 8.06. The van der Waals surface area contributed by atoms with Crippen molar-refractivity contribution in [2.24, 2.45) is 5.92 Å². The Balaban J connectivity index is 2.14. The number of rotatable bonds is 6. The highest BCUT2D eigenvalue weighted by atomic mass is 32.1. The lowest BCUT2D eigenvalue weighted by molar-refractivity contribution is 0.245. The first-order valence-corrected chi connectivity index (χ1v) is 8.67. The molecule has 24 heavy (non-hydrogen) atoms. The van der Waals surface area contributed by atoms with E-state index >= 15 is 0 Å². The largest absolute Gasteiger partial charge is 0.493 e. The van der Waals surface area contributed by atoms with Crippen LogP contribution in [0.25, 0.3) is 0 Å². The van der Waals surface area contributed by atoms with Crippen LogP contribution >= 0.6 is 11.3 Å². The SMILES string of the molecule is COc1cc(C)c(NC(=O)N[C@@H](c2cccs2)C(C)C)cc1OC. The van der Waals surface area contributed by atoms with Gasteiger partial charge in [-0.2, -0.15) is 0 Å². The Morgan fingerprint density at radius 1 is 1.17 bits per heavy atom. The van der Waals surface area contributed by atoms with Gasteiger partial charge in [0.15, 0.2) is 11.5 Å². The Morgan fingerprint density at radius 2 is 1.83 bits per heavy atom. The summed E-state index contributed by atoms with van der Waals surface area (Å²) in [6.07, 6.45) is 0. The van der Waals surface area contributed by atoms with Crippen molar-refractivity contribution in [1.82, 2.24) is 5.32 Å². The van der Waals surface area contributed by atoms with Crippen LogP contribution in [0.2, 0.25) is 0 Å². The van der Waals surface area contributed by atoms with Crippen molar-refractivity contribution < 1.29 is 14.3 Å². The van der Waals surface area contributed by atoms with Gasteiger partial charge in [-0.25, -0.2) is 4.79 Å². The van der Waals surface area contributed by atoms with E-state index < -0.39 is 0 Å². The van der Waals surface area contributed by atoms with E-state index in [0.717, 1.165) is 10.4 Å². The summed E-state index contributed by atoms with van der Waals surface area (Å²) >= 11 is 1.64. The number of ether oxygens (including phenoxy) is 2. The zero-order valence-electron chi connectivity index (χ0n) is 14.7. The van der Waals surface area contributed by atoms with Gasteiger partial charge in [0, 0.05) is 16.6 Å². The number of urea groups is 1. The summed E-state index contributed by atoms with van der Waals surface area (Å²) in [4.78, 5) is 13.6. The van der Waals surface area contributed by atoms with Crippen molar-refractivity contribution in [3.05, 3.63) is 40.1 Å². The molecule has 2 rings (SSSR count). The number of anilines is 1. The molecule has 0 saturated carbocycles. The van der Waals surface area contributed by atoms with Crippen LogP contribution in [0.4, 0.5) is 10.5 Å². The van der Waals surface area contributed by atoms with E-state index in [1.165, 1.54) is 0 Å². The van der Waals surface area contributed by atoms with Crippen LogP contribution in [0.1, 0.15) is 30.3 Å². The molecule has 0 saturated heterocycles. The van der Waals surface area contributed by atoms with Gasteiger partial charge in [0.1, 0.15) is 0 Å². The molecule has 0 spiro atoms. The molecule has 0 bridgehead atoms. The number of nitrogens with one attached hydrogen (secondary N) is 2. The molecule has 1 atom stereocenters. The highest BCUT2D eigenvalue weighted by molar-refractivity contribution is 7.10. The van der Waals surface area contributed by atoms with Gasteiger partial charge in [-0.1, -0.05) is 19.9 Å². The molecule has 0 aliphatic rings. The smallest absolute Gasteiger partial charge is 0.319 e. The number of hydrogen-bond acceptors (Lipinski definition) is 4. The molecule has 0 unspecified atom stereocenters. The Morgan fingerprint density at radius 3 is 2.38 bits per heavy atom. The maximum absolute atomic E-state index is 12.4. The molecule has 2 N–H and O–H groups in total. The van der Waals surface area contributed by atoms with Crippen LogP contribution in [-0.2, 0) is 0 Å². The third kappa shape index (κ3) is 4.20. The fourth-order valence-electron chi connectivity index (χ4n) is 2.45. The Hall–Kier alpha value is -2.21. The molecule has 0 aliphatic heterocycles. The zero-order valence-corrected chi connectivity index (χ0v) is 15.5. The predicted octanol–water partition coefficient (Wildman–Crippen LogP) is 4.59. The van der Waals surface area contributed by atoms with Crippen molar-refractivity contribution in [3.8, 4) is 11.5 Å². The lowest BCUT2D eigenvalue weighted by Crippen LogP contribution is -2.34. The van der Waals surface area contributed by atoms with Gasteiger partial charge in [-0.15, -0.1) is 11.3 Å². The van der Waals surface area contributed by atoms with E-state index in [1.807, 2.05) is 30.5 Å². The summed E-state index contributed by atoms with van der Waals surface area (Å²) < 4.78 is 10.6. The van der Waals surface area contributed by atoms with Gasteiger partial charge in [0.05, 0.1) is 20.3 Å². The molecule has 2 amide bonds. The summed E-state index contributed by atoms with van der Waals surface area (Å²) in [6, 6.07) is 7.38. The fourth-order valence-corrected chi connectivity index (χ4v) is 3.40. The van der Waals surface area contributed by atoms with E-state index in [1.54, 1.807) is 31.6 Å². The van der Waals surface area contributed by atoms with E-state index in [2.05, 4.69) is 24.5 Å². The average Bonchev–Trinajstić information content (AvgIpc) is 3.07.